The van der Waals surface area contributed by atoms with Gasteiger partial charge >= 0.3 is 0 Å². The number of carbonyl (C=O) groups excluding carboxylic acids is 1. The van der Waals surface area contributed by atoms with Gasteiger partial charge < -0.3 is 15.5 Å². The van der Waals surface area contributed by atoms with Gasteiger partial charge in [-0.3, -0.25) is 9.78 Å². The Labute approximate surface area is 221 Å². The number of anilines is 4. The van der Waals surface area contributed by atoms with Crippen LogP contribution in [0.4, 0.5) is 23.0 Å². The summed E-state index contributed by atoms with van der Waals surface area (Å²) in [7, 11) is -3.33. The van der Waals surface area contributed by atoms with Crippen molar-refractivity contribution >= 4 is 38.8 Å². The number of rotatable bonds is 7. The van der Waals surface area contributed by atoms with Gasteiger partial charge in [-0.2, -0.15) is 0 Å². The molecule has 0 bridgehead atoms. The maximum atomic E-state index is 12.7. The van der Waals surface area contributed by atoms with Gasteiger partial charge in [-0.25, -0.2) is 18.4 Å². The minimum atomic E-state index is -3.33. The topological polar surface area (TPSA) is 117 Å². The Kier molecular flexibility index (Phi) is 7.06. The van der Waals surface area contributed by atoms with Crippen LogP contribution >= 0.6 is 0 Å². The van der Waals surface area contributed by atoms with E-state index in [0.717, 1.165) is 47.5 Å². The van der Waals surface area contributed by atoms with Crippen LogP contribution in [-0.2, 0) is 9.84 Å². The van der Waals surface area contributed by atoms with E-state index < -0.39 is 9.84 Å². The molecule has 1 aliphatic rings. The molecular weight excluding hydrogens is 500 g/mol. The third-order valence-electron chi connectivity index (χ3n) is 6.43. The molecule has 2 N–H and O–H groups in total. The molecule has 0 radical (unpaired) electrons. The summed E-state index contributed by atoms with van der Waals surface area (Å²) in [5, 5.41) is 6.12. The van der Waals surface area contributed by atoms with Crippen molar-refractivity contribution in [1.82, 2.24) is 15.0 Å². The summed E-state index contributed by atoms with van der Waals surface area (Å²) in [6.45, 7) is 4.03. The van der Waals surface area contributed by atoms with Crippen LogP contribution in [0.1, 0.15) is 28.8 Å². The number of aryl methyl sites for hydroxylation is 1. The lowest BCUT2D eigenvalue weighted by Crippen LogP contribution is -2.17. The minimum Gasteiger partial charge on any atom is -0.370 e. The Morgan fingerprint density at radius 2 is 1.74 bits per heavy atom. The van der Waals surface area contributed by atoms with Gasteiger partial charge in [0.2, 0.25) is 5.95 Å². The molecular formula is C28H28N6O3S. The largest absolute Gasteiger partial charge is 0.370 e. The molecule has 2 aromatic heterocycles. The van der Waals surface area contributed by atoms with Gasteiger partial charge in [0.15, 0.2) is 9.84 Å². The molecule has 0 aliphatic carbocycles. The molecule has 2 aromatic carbocycles. The number of hydrogen-bond donors (Lipinski definition) is 2. The van der Waals surface area contributed by atoms with Gasteiger partial charge in [0.25, 0.3) is 5.91 Å². The number of hydrogen-bond acceptors (Lipinski definition) is 8. The van der Waals surface area contributed by atoms with Crippen molar-refractivity contribution in [3.8, 4) is 11.3 Å². The van der Waals surface area contributed by atoms with E-state index >= 15 is 0 Å². The molecule has 9 nitrogen and oxygen atoms in total. The molecule has 1 fully saturated rings. The first-order chi connectivity index (χ1) is 18.3. The van der Waals surface area contributed by atoms with Crippen LogP contribution in [0.15, 0.2) is 78.1 Å². The normalized spacial score (nSPS) is 13.4. The Bertz CT molecular complexity index is 1580. The monoisotopic (exact) mass is 528 g/mol. The maximum absolute atomic E-state index is 12.7. The predicted molar refractivity (Wildman–Crippen MR) is 149 cm³/mol. The molecule has 10 heteroatoms. The fourth-order valence-electron chi connectivity index (χ4n) is 4.31. The average molecular weight is 529 g/mol. The van der Waals surface area contributed by atoms with Crippen molar-refractivity contribution in [2.24, 2.45) is 0 Å². The molecule has 0 atom stereocenters. The minimum absolute atomic E-state index is 0.164. The van der Waals surface area contributed by atoms with Crippen LogP contribution in [0.3, 0.4) is 0 Å². The first kappa shape index (κ1) is 25.3. The fraction of sp³-hybridized carbons (Fsp3) is 0.214. The van der Waals surface area contributed by atoms with E-state index in [1.807, 2.05) is 31.3 Å². The highest BCUT2D eigenvalue weighted by molar-refractivity contribution is 7.90. The summed E-state index contributed by atoms with van der Waals surface area (Å²) in [5.41, 5.74) is 5.40. The molecule has 5 rings (SSSR count). The summed E-state index contributed by atoms with van der Waals surface area (Å²) in [4.78, 5) is 28.7. The summed E-state index contributed by atoms with van der Waals surface area (Å²) in [5.74, 6) is 0.0838. The average Bonchev–Trinajstić information content (AvgIpc) is 3.46. The second-order valence-electron chi connectivity index (χ2n) is 9.30. The highest BCUT2D eigenvalue weighted by Gasteiger charge is 2.15. The third-order valence-corrected chi connectivity index (χ3v) is 7.56. The van der Waals surface area contributed by atoms with E-state index in [0.29, 0.717) is 17.2 Å². The molecule has 194 valence electrons. The van der Waals surface area contributed by atoms with Crippen molar-refractivity contribution in [3.63, 3.8) is 0 Å². The van der Waals surface area contributed by atoms with Gasteiger partial charge in [0, 0.05) is 54.2 Å². The lowest BCUT2D eigenvalue weighted by molar-refractivity contribution is 0.102. The number of benzene rings is 2. The number of aromatic nitrogens is 3. The molecule has 3 heterocycles. The zero-order chi connectivity index (χ0) is 26.7. The summed E-state index contributed by atoms with van der Waals surface area (Å²) < 4.78 is 23.3. The fourth-order valence-corrected chi connectivity index (χ4v) is 4.94. The summed E-state index contributed by atoms with van der Waals surface area (Å²) in [6, 6.07) is 15.3. The summed E-state index contributed by atoms with van der Waals surface area (Å²) >= 11 is 0. The standard InChI is InChI=1S/C28H28N6O3S/c1-19-5-8-22(31-27(35)20-6-9-24(10-7-20)38(2,36)37)16-26(19)33-28-30-12-11-25(32-28)21-15-23(18-29-17-21)34-13-3-4-14-34/h5-12,15-18H,3-4,13-14H2,1-2H3,(H,31,35)(H,30,32,33). The van der Waals surface area contributed by atoms with E-state index in [1.165, 1.54) is 37.1 Å². The van der Waals surface area contributed by atoms with Gasteiger partial charge in [-0.05, 0) is 73.9 Å². The van der Waals surface area contributed by atoms with E-state index in [-0.39, 0.29) is 10.8 Å². The van der Waals surface area contributed by atoms with Crippen LogP contribution in [0, 0.1) is 6.92 Å². The highest BCUT2D eigenvalue weighted by Crippen LogP contribution is 2.27. The molecule has 1 saturated heterocycles. The van der Waals surface area contributed by atoms with Crippen molar-refractivity contribution in [2.45, 2.75) is 24.7 Å². The van der Waals surface area contributed by atoms with E-state index in [4.69, 9.17) is 4.98 Å². The lowest BCUT2D eigenvalue weighted by atomic mass is 10.1. The first-order valence-electron chi connectivity index (χ1n) is 12.3. The molecule has 38 heavy (non-hydrogen) atoms. The van der Waals surface area contributed by atoms with Crippen LogP contribution in [0.5, 0.6) is 0 Å². The Hall–Kier alpha value is -4.31. The Morgan fingerprint density at radius 1 is 0.974 bits per heavy atom. The maximum Gasteiger partial charge on any atom is 0.255 e. The van der Waals surface area contributed by atoms with Crippen molar-refractivity contribution in [3.05, 3.63) is 84.3 Å². The number of nitrogens with one attached hydrogen (secondary N) is 2. The Balaban J connectivity index is 1.32. The molecule has 4 aromatic rings. The Morgan fingerprint density at radius 3 is 2.47 bits per heavy atom. The molecule has 0 spiro atoms. The molecule has 1 amide bonds. The first-order valence-corrected chi connectivity index (χ1v) is 14.2. The smallest absolute Gasteiger partial charge is 0.255 e. The number of sulfone groups is 1. The van der Waals surface area contributed by atoms with Gasteiger partial charge in [0.1, 0.15) is 0 Å². The quantitative estimate of drug-likeness (QED) is 0.350. The van der Waals surface area contributed by atoms with Crippen molar-refractivity contribution < 1.29 is 13.2 Å². The van der Waals surface area contributed by atoms with Crippen LogP contribution in [-0.4, -0.2) is 48.6 Å². The van der Waals surface area contributed by atoms with E-state index in [1.54, 1.807) is 18.5 Å². The second kappa shape index (κ2) is 10.6. The third kappa shape index (κ3) is 5.81. The van der Waals surface area contributed by atoms with Crippen LogP contribution < -0.4 is 15.5 Å². The second-order valence-corrected chi connectivity index (χ2v) is 11.3. The zero-order valence-electron chi connectivity index (χ0n) is 21.2. The molecule has 1 aliphatic heterocycles. The number of pyridine rings is 1. The highest BCUT2D eigenvalue weighted by atomic mass is 32.2. The number of amides is 1. The zero-order valence-corrected chi connectivity index (χ0v) is 22.0. The van der Waals surface area contributed by atoms with Gasteiger partial charge in [-0.15, -0.1) is 0 Å². The molecule has 0 unspecified atom stereocenters. The van der Waals surface area contributed by atoms with Crippen LogP contribution in [0.25, 0.3) is 11.3 Å². The predicted octanol–water partition coefficient (Wildman–Crippen LogP) is 4.85. The SMILES string of the molecule is Cc1ccc(NC(=O)c2ccc(S(C)(=O)=O)cc2)cc1Nc1nccc(-c2cncc(N3CCCC3)c2)n1. The number of carbonyl (C=O) groups is 1. The van der Waals surface area contributed by atoms with Crippen molar-refractivity contribution in [2.75, 3.05) is 34.9 Å². The van der Waals surface area contributed by atoms with Crippen LogP contribution in [0.2, 0.25) is 0 Å². The lowest BCUT2D eigenvalue weighted by Gasteiger charge is -2.17. The van der Waals surface area contributed by atoms with Gasteiger partial charge in [-0.1, -0.05) is 6.07 Å². The van der Waals surface area contributed by atoms with Gasteiger partial charge in [0.05, 0.1) is 22.5 Å². The van der Waals surface area contributed by atoms with E-state index in [2.05, 4.69) is 31.6 Å². The molecule has 0 saturated carbocycles. The van der Waals surface area contributed by atoms with Crippen molar-refractivity contribution in [1.29, 1.82) is 0 Å². The summed E-state index contributed by atoms with van der Waals surface area (Å²) in [6.07, 6.45) is 8.91. The number of nitrogens with zero attached hydrogens (tertiary/aromatic N) is 4. The van der Waals surface area contributed by atoms with E-state index in [9.17, 15) is 13.2 Å².